The number of nitrogens with zero attached hydrogens (tertiary/aromatic N) is 2. The quantitative estimate of drug-likeness (QED) is 0.518. The molecule has 1 saturated carbocycles. The molecule has 0 aromatic heterocycles. The maximum atomic E-state index is 13.3. The first-order valence-corrected chi connectivity index (χ1v) is 13.4. The average molecular weight is 435 g/mol. The van der Waals surface area contributed by atoms with Crippen LogP contribution in [-0.2, 0) is 11.3 Å². The summed E-state index contributed by atoms with van der Waals surface area (Å²) < 4.78 is 0. The van der Waals surface area contributed by atoms with Crippen molar-refractivity contribution in [1.29, 1.82) is 0 Å². The third kappa shape index (κ3) is 4.83. The standard InChI is InChI=1S/C29H42N2O/c32-28-15-11-6-4-2-1-3-5-7-12-18-29-22-30(20-24-13-9-8-10-14-24)26-17-16-25(27(29)19-26)21-31(28)23-29/h7-10,12-14,25-27H,1-6,11,15-23H2/b12-7+/t25-,26-,27-,29+/m1/s1. The number of piperidine rings is 2. The number of allylic oxidation sites excluding steroid dienone is 2. The molecule has 1 aromatic carbocycles. The van der Waals surface area contributed by atoms with Gasteiger partial charge in [0.2, 0.25) is 5.91 Å². The molecule has 3 heteroatoms. The molecule has 32 heavy (non-hydrogen) atoms. The number of carbonyl (C=O) groups is 1. The lowest BCUT2D eigenvalue weighted by Crippen LogP contribution is -2.65. The summed E-state index contributed by atoms with van der Waals surface area (Å²) in [7, 11) is 0. The van der Waals surface area contributed by atoms with Gasteiger partial charge in [0.15, 0.2) is 0 Å². The van der Waals surface area contributed by atoms with Gasteiger partial charge in [-0.15, -0.1) is 0 Å². The minimum absolute atomic E-state index is 0.237. The number of fused-ring (bicyclic) bond motifs is 2. The van der Waals surface area contributed by atoms with Crippen LogP contribution in [0.4, 0.5) is 0 Å². The largest absolute Gasteiger partial charge is 0.342 e. The Morgan fingerprint density at radius 2 is 1.72 bits per heavy atom. The van der Waals surface area contributed by atoms with Gasteiger partial charge >= 0.3 is 0 Å². The molecular formula is C29H42N2O. The molecule has 0 N–H and O–H groups in total. The molecule has 4 atom stereocenters. The second kappa shape index (κ2) is 10.1. The molecule has 174 valence electrons. The van der Waals surface area contributed by atoms with E-state index in [2.05, 4.69) is 52.3 Å². The molecule has 4 aliphatic rings. The summed E-state index contributed by atoms with van der Waals surface area (Å²) in [5.41, 5.74) is 1.67. The van der Waals surface area contributed by atoms with E-state index in [9.17, 15) is 4.79 Å². The first kappa shape index (κ1) is 22.2. The topological polar surface area (TPSA) is 23.6 Å². The molecule has 0 radical (unpaired) electrons. The van der Waals surface area contributed by atoms with Crippen LogP contribution < -0.4 is 0 Å². The third-order valence-electron chi connectivity index (χ3n) is 9.03. The molecule has 0 unspecified atom stereocenters. The van der Waals surface area contributed by atoms with Crippen molar-refractivity contribution in [2.75, 3.05) is 19.6 Å². The Kier molecular flexibility index (Phi) is 7.02. The van der Waals surface area contributed by atoms with E-state index in [1.165, 1.54) is 63.4 Å². The minimum Gasteiger partial charge on any atom is -0.342 e. The van der Waals surface area contributed by atoms with E-state index in [0.29, 0.717) is 11.8 Å². The van der Waals surface area contributed by atoms with Gasteiger partial charge in [-0.1, -0.05) is 68.2 Å². The van der Waals surface area contributed by atoms with Crippen molar-refractivity contribution >= 4 is 5.91 Å². The Labute approximate surface area is 195 Å². The van der Waals surface area contributed by atoms with Gasteiger partial charge in [-0.2, -0.15) is 0 Å². The van der Waals surface area contributed by atoms with E-state index >= 15 is 0 Å². The predicted molar refractivity (Wildman–Crippen MR) is 131 cm³/mol. The summed E-state index contributed by atoms with van der Waals surface area (Å²) in [5, 5.41) is 0. The van der Waals surface area contributed by atoms with Gasteiger partial charge in [0.1, 0.15) is 0 Å². The monoisotopic (exact) mass is 434 g/mol. The van der Waals surface area contributed by atoms with Crippen LogP contribution in [0.1, 0.15) is 82.6 Å². The fraction of sp³-hybridized carbons (Fsp3) is 0.690. The summed E-state index contributed by atoms with van der Waals surface area (Å²) >= 11 is 0. The zero-order valence-corrected chi connectivity index (χ0v) is 19.9. The predicted octanol–water partition coefficient (Wildman–Crippen LogP) is 6.20. The van der Waals surface area contributed by atoms with Gasteiger partial charge in [0, 0.05) is 44.1 Å². The maximum Gasteiger partial charge on any atom is 0.222 e. The van der Waals surface area contributed by atoms with Crippen LogP contribution in [0.3, 0.4) is 0 Å². The molecule has 1 amide bonds. The Hall–Kier alpha value is -1.61. The lowest BCUT2D eigenvalue weighted by Gasteiger charge is -2.61. The van der Waals surface area contributed by atoms with Crippen molar-refractivity contribution in [2.45, 2.75) is 89.6 Å². The smallest absolute Gasteiger partial charge is 0.222 e. The summed E-state index contributed by atoms with van der Waals surface area (Å²) in [6, 6.07) is 11.8. The summed E-state index contributed by atoms with van der Waals surface area (Å²) in [6.45, 7) is 4.22. The van der Waals surface area contributed by atoms with Crippen LogP contribution in [0, 0.1) is 17.3 Å². The Balaban J connectivity index is 1.41. The molecule has 1 aliphatic carbocycles. The van der Waals surface area contributed by atoms with Crippen molar-refractivity contribution in [3.63, 3.8) is 0 Å². The number of hydrogen-bond donors (Lipinski definition) is 0. The number of likely N-dealkylation sites (tertiary alicyclic amines) is 1. The SMILES string of the molecule is O=C1CCCCCCCC/C=C/C[C@]23CN1C[C@H]1CC[C@H](C[C@H]12)N(Cc1ccccc1)C3. The molecule has 1 spiro atoms. The summed E-state index contributed by atoms with van der Waals surface area (Å²) in [5.74, 6) is 1.94. The average Bonchev–Trinajstić information content (AvgIpc) is 2.82. The highest BCUT2D eigenvalue weighted by Gasteiger charge is 2.55. The van der Waals surface area contributed by atoms with Crippen LogP contribution in [-0.4, -0.2) is 41.4 Å². The lowest BCUT2D eigenvalue weighted by atomic mass is 9.56. The zero-order chi connectivity index (χ0) is 21.8. The van der Waals surface area contributed by atoms with E-state index in [1.54, 1.807) is 0 Å². The fourth-order valence-electron chi connectivity index (χ4n) is 7.37. The maximum absolute atomic E-state index is 13.3. The van der Waals surface area contributed by atoms with Crippen molar-refractivity contribution in [2.24, 2.45) is 17.3 Å². The third-order valence-corrected chi connectivity index (χ3v) is 9.03. The van der Waals surface area contributed by atoms with Gasteiger partial charge in [-0.05, 0) is 62.3 Å². The fourth-order valence-corrected chi connectivity index (χ4v) is 7.37. The molecule has 3 fully saturated rings. The second-order valence-electron chi connectivity index (χ2n) is 11.2. The normalized spacial score (nSPS) is 35.6. The zero-order valence-electron chi connectivity index (χ0n) is 19.9. The molecule has 5 rings (SSSR count). The van der Waals surface area contributed by atoms with Crippen LogP contribution in [0.2, 0.25) is 0 Å². The van der Waals surface area contributed by atoms with E-state index in [0.717, 1.165) is 57.4 Å². The number of rotatable bonds is 2. The van der Waals surface area contributed by atoms with Gasteiger partial charge in [-0.25, -0.2) is 0 Å². The molecule has 4 bridgehead atoms. The molecule has 3 aliphatic heterocycles. The molecule has 2 saturated heterocycles. The molecule has 3 heterocycles. The van der Waals surface area contributed by atoms with E-state index in [4.69, 9.17) is 0 Å². The molecular weight excluding hydrogens is 392 g/mol. The first-order valence-electron chi connectivity index (χ1n) is 13.4. The highest BCUT2D eigenvalue weighted by molar-refractivity contribution is 5.76. The van der Waals surface area contributed by atoms with Crippen molar-refractivity contribution in [3.8, 4) is 0 Å². The Morgan fingerprint density at radius 1 is 0.906 bits per heavy atom. The van der Waals surface area contributed by atoms with Crippen LogP contribution in [0.5, 0.6) is 0 Å². The first-order chi connectivity index (χ1) is 15.7. The van der Waals surface area contributed by atoms with E-state index < -0.39 is 0 Å². The van der Waals surface area contributed by atoms with Gasteiger partial charge in [-0.3, -0.25) is 9.69 Å². The number of amides is 1. The number of carbonyl (C=O) groups excluding carboxylic acids is 1. The van der Waals surface area contributed by atoms with E-state index in [-0.39, 0.29) is 5.41 Å². The van der Waals surface area contributed by atoms with Gasteiger partial charge in [0.25, 0.3) is 0 Å². The van der Waals surface area contributed by atoms with Gasteiger partial charge < -0.3 is 4.90 Å². The van der Waals surface area contributed by atoms with Crippen molar-refractivity contribution in [3.05, 3.63) is 48.0 Å². The Morgan fingerprint density at radius 3 is 2.59 bits per heavy atom. The number of hydrogen-bond acceptors (Lipinski definition) is 2. The van der Waals surface area contributed by atoms with Crippen LogP contribution >= 0.6 is 0 Å². The second-order valence-corrected chi connectivity index (χ2v) is 11.2. The highest BCUT2D eigenvalue weighted by atomic mass is 16.2. The molecule has 1 aromatic rings. The van der Waals surface area contributed by atoms with Crippen molar-refractivity contribution in [1.82, 2.24) is 9.80 Å². The molecule has 3 nitrogen and oxygen atoms in total. The summed E-state index contributed by atoms with van der Waals surface area (Å²) in [4.78, 5) is 18.4. The van der Waals surface area contributed by atoms with E-state index in [1.807, 2.05) is 0 Å². The van der Waals surface area contributed by atoms with Crippen LogP contribution in [0.25, 0.3) is 0 Å². The highest BCUT2D eigenvalue weighted by Crippen LogP contribution is 2.53. The van der Waals surface area contributed by atoms with Gasteiger partial charge in [0.05, 0.1) is 0 Å². The number of benzene rings is 1. The Bertz CT molecular complexity index is 790. The minimum atomic E-state index is 0.237. The van der Waals surface area contributed by atoms with Crippen LogP contribution in [0.15, 0.2) is 42.5 Å². The van der Waals surface area contributed by atoms with Crippen molar-refractivity contribution < 1.29 is 4.79 Å². The summed E-state index contributed by atoms with van der Waals surface area (Å²) in [6.07, 6.45) is 19.6. The lowest BCUT2D eigenvalue weighted by molar-refractivity contribution is -0.153.